The molecule has 0 atom stereocenters. The van der Waals surface area contributed by atoms with Gasteiger partial charge >= 0.3 is 5.69 Å². The van der Waals surface area contributed by atoms with Crippen LogP contribution in [0.1, 0.15) is 15.9 Å². The van der Waals surface area contributed by atoms with Gasteiger partial charge in [0, 0.05) is 23.2 Å². The van der Waals surface area contributed by atoms with E-state index in [1.807, 2.05) is 12.1 Å². The van der Waals surface area contributed by atoms with Gasteiger partial charge in [-0.1, -0.05) is 23.7 Å². The quantitative estimate of drug-likeness (QED) is 0.677. The van der Waals surface area contributed by atoms with E-state index in [1.54, 1.807) is 12.1 Å². The Balaban J connectivity index is 1.96. The Morgan fingerprint density at radius 2 is 1.91 bits per heavy atom. The molecule has 114 valence electrons. The van der Waals surface area contributed by atoms with Crippen LogP contribution in [-0.2, 0) is 6.42 Å². The molecule has 22 heavy (non-hydrogen) atoms. The van der Waals surface area contributed by atoms with Gasteiger partial charge in [-0.05, 0) is 36.2 Å². The van der Waals surface area contributed by atoms with Crippen molar-refractivity contribution >= 4 is 23.2 Å². The number of halogens is 2. The molecule has 0 bridgehead atoms. The maximum absolute atomic E-state index is 13.2. The van der Waals surface area contributed by atoms with Gasteiger partial charge in [-0.3, -0.25) is 14.9 Å². The summed E-state index contributed by atoms with van der Waals surface area (Å²) in [6.07, 6.45) is 0.589. The number of amides is 1. The third-order valence-corrected chi connectivity index (χ3v) is 3.27. The monoisotopic (exact) mass is 322 g/mol. The lowest BCUT2D eigenvalue weighted by Crippen LogP contribution is -2.25. The smallest absolute Gasteiger partial charge is 0.305 e. The SMILES string of the molecule is O=C(NCCc1ccc(Cl)cc1)c1ccc(F)c([N+](=O)[O-])c1. The molecular weight excluding hydrogens is 311 g/mol. The van der Waals surface area contributed by atoms with Crippen LogP contribution in [-0.4, -0.2) is 17.4 Å². The number of nitrogens with one attached hydrogen (secondary N) is 1. The Bertz CT molecular complexity index is 704. The molecule has 0 unspecified atom stereocenters. The maximum atomic E-state index is 13.2. The molecule has 0 saturated carbocycles. The average Bonchev–Trinajstić information content (AvgIpc) is 2.49. The van der Waals surface area contributed by atoms with Crippen LogP contribution in [0.25, 0.3) is 0 Å². The van der Waals surface area contributed by atoms with Crippen molar-refractivity contribution in [3.8, 4) is 0 Å². The fourth-order valence-corrected chi connectivity index (χ4v) is 1.99. The van der Waals surface area contributed by atoms with Gasteiger partial charge < -0.3 is 5.32 Å². The van der Waals surface area contributed by atoms with Crippen molar-refractivity contribution in [2.75, 3.05) is 6.54 Å². The van der Waals surface area contributed by atoms with Crippen LogP contribution in [0.15, 0.2) is 42.5 Å². The predicted octanol–water partition coefficient (Wildman–Crippen LogP) is 3.36. The molecule has 2 aromatic carbocycles. The number of benzene rings is 2. The molecule has 0 aliphatic carbocycles. The summed E-state index contributed by atoms with van der Waals surface area (Å²) in [7, 11) is 0. The Labute approximate surface area is 130 Å². The van der Waals surface area contributed by atoms with Crippen LogP contribution < -0.4 is 5.32 Å². The molecule has 0 heterocycles. The number of rotatable bonds is 5. The third-order valence-electron chi connectivity index (χ3n) is 3.02. The van der Waals surface area contributed by atoms with E-state index in [0.717, 1.165) is 17.7 Å². The molecule has 0 aliphatic heterocycles. The minimum atomic E-state index is -0.970. The van der Waals surface area contributed by atoms with E-state index in [2.05, 4.69) is 5.32 Å². The Morgan fingerprint density at radius 3 is 2.55 bits per heavy atom. The highest BCUT2D eigenvalue weighted by Gasteiger charge is 2.17. The van der Waals surface area contributed by atoms with Crippen LogP contribution in [0, 0.1) is 15.9 Å². The molecule has 1 amide bonds. The van der Waals surface area contributed by atoms with Crippen LogP contribution in [0.3, 0.4) is 0 Å². The molecule has 0 radical (unpaired) electrons. The number of nitro benzene ring substituents is 1. The zero-order chi connectivity index (χ0) is 16.1. The zero-order valence-electron chi connectivity index (χ0n) is 11.4. The van der Waals surface area contributed by atoms with Gasteiger partial charge in [0.15, 0.2) is 0 Å². The molecule has 2 aromatic rings. The van der Waals surface area contributed by atoms with E-state index in [1.165, 1.54) is 6.07 Å². The Kier molecular flexibility index (Phi) is 5.06. The van der Waals surface area contributed by atoms with E-state index in [4.69, 9.17) is 11.6 Å². The van der Waals surface area contributed by atoms with Gasteiger partial charge in [-0.15, -0.1) is 0 Å². The lowest BCUT2D eigenvalue weighted by molar-refractivity contribution is -0.387. The third kappa shape index (κ3) is 4.02. The van der Waals surface area contributed by atoms with Crippen molar-refractivity contribution in [3.63, 3.8) is 0 Å². The van der Waals surface area contributed by atoms with Gasteiger partial charge in [0.1, 0.15) is 0 Å². The van der Waals surface area contributed by atoms with Gasteiger partial charge in [-0.25, -0.2) is 0 Å². The lowest BCUT2D eigenvalue weighted by Gasteiger charge is -2.06. The van der Waals surface area contributed by atoms with Gasteiger partial charge in [0.05, 0.1) is 4.92 Å². The van der Waals surface area contributed by atoms with E-state index in [0.29, 0.717) is 18.0 Å². The fourth-order valence-electron chi connectivity index (χ4n) is 1.87. The lowest BCUT2D eigenvalue weighted by atomic mass is 10.1. The number of carbonyl (C=O) groups is 1. The molecule has 7 heteroatoms. The molecule has 2 rings (SSSR count). The summed E-state index contributed by atoms with van der Waals surface area (Å²) in [6.45, 7) is 0.353. The fraction of sp³-hybridized carbons (Fsp3) is 0.133. The molecular formula is C15H12ClFN2O3. The maximum Gasteiger partial charge on any atom is 0.305 e. The number of hydrogen-bond acceptors (Lipinski definition) is 3. The Hall–Kier alpha value is -2.47. The van der Waals surface area contributed by atoms with Crippen molar-refractivity contribution in [1.29, 1.82) is 0 Å². The number of nitrogens with zero attached hydrogens (tertiary/aromatic N) is 1. The summed E-state index contributed by atoms with van der Waals surface area (Å²) in [5.74, 6) is -1.46. The first-order valence-electron chi connectivity index (χ1n) is 6.44. The van der Waals surface area contributed by atoms with Crippen molar-refractivity contribution in [2.45, 2.75) is 6.42 Å². The zero-order valence-corrected chi connectivity index (χ0v) is 12.1. The largest absolute Gasteiger partial charge is 0.352 e. The first-order valence-corrected chi connectivity index (χ1v) is 6.82. The van der Waals surface area contributed by atoms with E-state index in [-0.39, 0.29) is 5.56 Å². The van der Waals surface area contributed by atoms with E-state index in [9.17, 15) is 19.3 Å². The molecule has 0 fully saturated rings. The van der Waals surface area contributed by atoms with Crippen LogP contribution in [0.2, 0.25) is 5.02 Å². The normalized spacial score (nSPS) is 10.3. The standard InChI is InChI=1S/C15H12ClFN2O3/c16-12-4-1-10(2-5-12)7-8-18-15(20)11-3-6-13(17)14(9-11)19(21)22/h1-6,9H,7-8H2,(H,18,20). The second-order valence-electron chi connectivity index (χ2n) is 4.56. The van der Waals surface area contributed by atoms with Gasteiger partial charge in [0.25, 0.3) is 5.91 Å². The Morgan fingerprint density at radius 1 is 1.23 bits per heavy atom. The van der Waals surface area contributed by atoms with Crippen LogP contribution in [0.4, 0.5) is 10.1 Å². The summed E-state index contributed by atoms with van der Waals surface area (Å²) < 4.78 is 13.2. The summed E-state index contributed by atoms with van der Waals surface area (Å²) in [5.41, 5.74) is 0.323. The van der Waals surface area contributed by atoms with Crippen molar-refractivity contribution in [3.05, 3.63) is 74.5 Å². The van der Waals surface area contributed by atoms with Crippen LogP contribution in [0.5, 0.6) is 0 Å². The van der Waals surface area contributed by atoms with Gasteiger partial charge in [-0.2, -0.15) is 4.39 Å². The molecule has 0 aromatic heterocycles. The second kappa shape index (κ2) is 7.00. The highest BCUT2D eigenvalue weighted by Crippen LogP contribution is 2.18. The minimum absolute atomic E-state index is 0.0456. The number of hydrogen-bond donors (Lipinski definition) is 1. The summed E-state index contributed by atoms with van der Waals surface area (Å²) in [6, 6.07) is 10.2. The number of nitro groups is 1. The first-order chi connectivity index (χ1) is 10.5. The highest BCUT2D eigenvalue weighted by atomic mass is 35.5. The van der Waals surface area contributed by atoms with Crippen LogP contribution >= 0.6 is 11.6 Å². The van der Waals surface area contributed by atoms with Crippen molar-refractivity contribution in [2.24, 2.45) is 0 Å². The summed E-state index contributed by atoms with van der Waals surface area (Å²) in [5, 5.41) is 13.9. The first kappa shape index (κ1) is 15.9. The topological polar surface area (TPSA) is 72.2 Å². The molecule has 5 nitrogen and oxygen atoms in total. The summed E-state index contributed by atoms with van der Waals surface area (Å²) in [4.78, 5) is 21.7. The minimum Gasteiger partial charge on any atom is -0.352 e. The molecule has 1 N–H and O–H groups in total. The van der Waals surface area contributed by atoms with Gasteiger partial charge in [0.2, 0.25) is 5.82 Å². The number of carbonyl (C=O) groups excluding carboxylic acids is 1. The van der Waals surface area contributed by atoms with Crippen molar-refractivity contribution < 1.29 is 14.1 Å². The van der Waals surface area contributed by atoms with E-state index < -0.39 is 22.3 Å². The average molecular weight is 323 g/mol. The molecule has 0 spiro atoms. The molecule has 0 aliphatic rings. The predicted molar refractivity (Wildman–Crippen MR) is 80.5 cm³/mol. The highest BCUT2D eigenvalue weighted by molar-refractivity contribution is 6.30. The van der Waals surface area contributed by atoms with Crippen molar-refractivity contribution in [1.82, 2.24) is 5.32 Å². The summed E-state index contributed by atoms with van der Waals surface area (Å²) >= 11 is 5.77. The van der Waals surface area contributed by atoms with E-state index >= 15 is 0 Å². The molecule has 0 saturated heterocycles. The second-order valence-corrected chi connectivity index (χ2v) is 4.99.